The van der Waals surface area contributed by atoms with E-state index in [0.717, 1.165) is 21.2 Å². The van der Waals surface area contributed by atoms with E-state index in [0.29, 0.717) is 5.69 Å². The zero-order valence-electron chi connectivity index (χ0n) is 11.5. The number of fused-ring (bicyclic) bond motifs is 1. The number of hydrogen-bond acceptors (Lipinski definition) is 4. The minimum Gasteiger partial charge on any atom is -0.343 e. The summed E-state index contributed by atoms with van der Waals surface area (Å²) in [6.07, 6.45) is 5.15. The number of carbonyl (C=O) groups excluding carboxylic acids is 1. The Labute approximate surface area is 129 Å². The standard InChI is InChI=1S/C14H12BrN5O/c1-19(2)14(21)10-4-6-20(18-10)12-3-5-16-11-7-9(15)8-17-13(11)12/h3-8H,1-2H3. The van der Waals surface area contributed by atoms with Crippen LogP contribution in [0.5, 0.6) is 0 Å². The fourth-order valence-corrected chi connectivity index (χ4v) is 2.30. The van der Waals surface area contributed by atoms with E-state index in [4.69, 9.17) is 0 Å². The van der Waals surface area contributed by atoms with Crippen molar-refractivity contribution in [3.63, 3.8) is 0 Å². The maximum atomic E-state index is 11.9. The minimum absolute atomic E-state index is 0.136. The molecule has 6 nitrogen and oxygen atoms in total. The third kappa shape index (κ3) is 2.52. The van der Waals surface area contributed by atoms with Gasteiger partial charge in [0.1, 0.15) is 5.52 Å². The van der Waals surface area contributed by atoms with E-state index < -0.39 is 0 Å². The highest BCUT2D eigenvalue weighted by molar-refractivity contribution is 9.10. The topological polar surface area (TPSA) is 63.9 Å². The number of carbonyl (C=O) groups is 1. The summed E-state index contributed by atoms with van der Waals surface area (Å²) in [6, 6.07) is 5.40. The van der Waals surface area contributed by atoms with Crippen molar-refractivity contribution in [1.29, 1.82) is 0 Å². The summed E-state index contributed by atoms with van der Waals surface area (Å²) >= 11 is 3.38. The quantitative estimate of drug-likeness (QED) is 0.714. The fourth-order valence-electron chi connectivity index (χ4n) is 1.98. The van der Waals surface area contributed by atoms with Crippen LogP contribution in [0.3, 0.4) is 0 Å². The third-order valence-corrected chi connectivity index (χ3v) is 3.42. The van der Waals surface area contributed by atoms with Gasteiger partial charge in [-0.25, -0.2) is 4.68 Å². The largest absolute Gasteiger partial charge is 0.343 e. The van der Waals surface area contributed by atoms with Crippen LogP contribution < -0.4 is 0 Å². The van der Waals surface area contributed by atoms with Crippen LogP contribution in [0.2, 0.25) is 0 Å². The van der Waals surface area contributed by atoms with Crippen LogP contribution >= 0.6 is 15.9 Å². The lowest BCUT2D eigenvalue weighted by Gasteiger charge is -2.07. The number of nitrogens with zero attached hydrogens (tertiary/aromatic N) is 5. The van der Waals surface area contributed by atoms with Crippen LogP contribution in [-0.4, -0.2) is 44.7 Å². The maximum Gasteiger partial charge on any atom is 0.273 e. The Bertz CT molecular complexity index is 827. The van der Waals surface area contributed by atoms with Crippen LogP contribution in [0, 0.1) is 0 Å². The van der Waals surface area contributed by atoms with Gasteiger partial charge in [-0.05, 0) is 34.1 Å². The molecule has 21 heavy (non-hydrogen) atoms. The normalized spacial score (nSPS) is 10.8. The highest BCUT2D eigenvalue weighted by Crippen LogP contribution is 2.21. The molecule has 0 spiro atoms. The first-order chi connectivity index (χ1) is 10.1. The van der Waals surface area contributed by atoms with Crippen molar-refractivity contribution in [2.45, 2.75) is 0 Å². The van der Waals surface area contributed by atoms with Crippen molar-refractivity contribution in [3.8, 4) is 5.69 Å². The van der Waals surface area contributed by atoms with Crippen LogP contribution in [0.25, 0.3) is 16.7 Å². The van der Waals surface area contributed by atoms with E-state index in [1.165, 1.54) is 4.90 Å². The predicted octanol–water partition coefficient (Wildman–Crippen LogP) is 2.28. The minimum atomic E-state index is -0.136. The second-order valence-corrected chi connectivity index (χ2v) is 5.61. The van der Waals surface area contributed by atoms with Crippen molar-refractivity contribution < 1.29 is 4.79 Å². The van der Waals surface area contributed by atoms with E-state index in [1.807, 2.05) is 12.1 Å². The molecule has 1 amide bonds. The third-order valence-electron chi connectivity index (χ3n) is 2.98. The average molecular weight is 346 g/mol. The monoisotopic (exact) mass is 345 g/mol. The first kappa shape index (κ1) is 13.7. The molecule has 0 N–H and O–H groups in total. The summed E-state index contributed by atoms with van der Waals surface area (Å²) in [4.78, 5) is 22.1. The molecule has 0 aliphatic rings. The lowest BCUT2D eigenvalue weighted by Crippen LogP contribution is -2.22. The summed E-state index contributed by atoms with van der Waals surface area (Å²) in [5, 5.41) is 4.32. The fraction of sp³-hybridized carbons (Fsp3) is 0.143. The van der Waals surface area contributed by atoms with Crippen molar-refractivity contribution in [3.05, 3.63) is 47.0 Å². The molecule has 3 rings (SSSR count). The molecule has 3 aromatic heterocycles. The lowest BCUT2D eigenvalue weighted by atomic mass is 10.3. The number of halogens is 1. The van der Waals surface area contributed by atoms with Crippen LogP contribution in [0.4, 0.5) is 0 Å². The molecule has 3 heterocycles. The maximum absolute atomic E-state index is 11.9. The van der Waals surface area contributed by atoms with Crippen LogP contribution in [0.15, 0.2) is 41.3 Å². The van der Waals surface area contributed by atoms with Crippen LogP contribution in [0.1, 0.15) is 10.5 Å². The van der Waals surface area contributed by atoms with Gasteiger partial charge in [0.2, 0.25) is 0 Å². The Morgan fingerprint density at radius 1 is 1.29 bits per heavy atom. The molecule has 0 aromatic carbocycles. The molecular weight excluding hydrogens is 334 g/mol. The Hall–Kier alpha value is -2.28. The predicted molar refractivity (Wildman–Crippen MR) is 82.4 cm³/mol. The van der Waals surface area contributed by atoms with Gasteiger partial charge >= 0.3 is 0 Å². The van der Waals surface area contributed by atoms with Gasteiger partial charge in [-0.1, -0.05) is 0 Å². The van der Waals surface area contributed by atoms with Crippen molar-refractivity contribution in [2.75, 3.05) is 14.1 Å². The summed E-state index contributed by atoms with van der Waals surface area (Å²) in [7, 11) is 3.39. The number of aromatic nitrogens is 4. The first-order valence-corrected chi connectivity index (χ1v) is 7.03. The van der Waals surface area contributed by atoms with E-state index in [1.54, 1.807) is 43.4 Å². The lowest BCUT2D eigenvalue weighted by molar-refractivity contribution is 0.0821. The zero-order valence-corrected chi connectivity index (χ0v) is 13.1. The summed E-state index contributed by atoms with van der Waals surface area (Å²) in [5.41, 5.74) is 2.66. The van der Waals surface area contributed by atoms with Crippen molar-refractivity contribution in [2.24, 2.45) is 0 Å². The molecule has 0 saturated heterocycles. The molecule has 0 unspecified atom stereocenters. The molecule has 0 atom stereocenters. The second-order valence-electron chi connectivity index (χ2n) is 4.70. The second kappa shape index (κ2) is 5.25. The van der Waals surface area contributed by atoms with E-state index in [-0.39, 0.29) is 5.91 Å². The molecule has 7 heteroatoms. The smallest absolute Gasteiger partial charge is 0.273 e. The number of pyridine rings is 2. The first-order valence-electron chi connectivity index (χ1n) is 6.24. The molecule has 3 aromatic rings. The van der Waals surface area contributed by atoms with Gasteiger partial charge in [-0.2, -0.15) is 5.10 Å². The van der Waals surface area contributed by atoms with Crippen LogP contribution in [-0.2, 0) is 0 Å². The molecule has 0 aliphatic carbocycles. The molecule has 0 fully saturated rings. The average Bonchev–Trinajstić information content (AvgIpc) is 2.94. The highest BCUT2D eigenvalue weighted by Gasteiger charge is 2.13. The van der Waals surface area contributed by atoms with E-state index in [2.05, 4.69) is 31.0 Å². The zero-order chi connectivity index (χ0) is 15.0. The number of rotatable bonds is 2. The van der Waals surface area contributed by atoms with E-state index in [9.17, 15) is 4.79 Å². The van der Waals surface area contributed by atoms with Gasteiger partial charge in [-0.15, -0.1) is 0 Å². The Balaban J connectivity index is 2.11. The van der Waals surface area contributed by atoms with Crippen molar-refractivity contribution in [1.82, 2.24) is 24.6 Å². The Morgan fingerprint density at radius 2 is 2.10 bits per heavy atom. The molecule has 106 valence electrons. The SMILES string of the molecule is CN(C)C(=O)c1ccn(-c2ccnc3cc(Br)cnc23)n1. The Morgan fingerprint density at radius 3 is 2.86 bits per heavy atom. The van der Waals surface area contributed by atoms with Gasteiger partial charge in [0.25, 0.3) is 5.91 Å². The molecule has 0 saturated carbocycles. The molecule has 0 bridgehead atoms. The van der Waals surface area contributed by atoms with Gasteiger partial charge in [0.15, 0.2) is 5.69 Å². The summed E-state index contributed by atoms with van der Waals surface area (Å²) < 4.78 is 2.50. The molecular formula is C14H12BrN5O. The van der Waals surface area contributed by atoms with E-state index >= 15 is 0 Å². The van der Waals surface area contributed by atoms with Crippen molar-refractivity contribution >= 4 is 32.9 Å². The summed E-state index contributed by atoms with van der Waals surface area (Å²) in [6.45, 7) is 0. The van der Waals surface area contributed by atoms with Gasteiger partial charge in [-0.3, -0.25) is 14.8 Å². The Kier molecular flexibility index (Phi) is 3.42. The van der Waals surface area contributed by atoms with Gasteiger partial charge in [0.05, 0.1) is 11.2 Å². The highest BCUT2D eigenvalue weighted by atomic mass is 79.9. The number of hydrogen-bond donors (Lipinski definition) is 0. The summed E-state index contributed by atoms with van der Waals surface area (Å²) in [5.74, 6) is -0.136. The van der Waals surface area contributed by atoms with Gasteiger partial charge < -0.3 is 4.90 Å². The molecule has 0 radical (unpaired) electrons. The molecule has 0 aliphatic heterocycles. The van der Waals surface area contributed by atoms with Gasteiger partial charge in [0, 0.05) is 37.2 Å². The number of amides is 1.